The maximum atomic E-state index is 11.9. The monoisotopic (exact) mass is 315 g/mol. The van der Waals surface area contributed by atoms with Crippen LogP contribution in [0.2, 0.25) is 0 Å². The second-order valence-corrected chi connectivity index (χ2v) is 5.70. The van der Waals surface area contributed by atoms with Gasteiger partial charge in [-0.1, -0.05) is 18.2 Å². The fourth-order valence-corrected chi connectivity index (χ4v) is 2.63. The number of carbonyl (C=O) groups is 1. The Morgan fingerprint density at radius 3 is 2.57 bits per heavy atom. The Hall–Kier alpha value is -2.34. The van der Waals surface area contributed by atoms with Crippen LogP contribution in [0, 0.1) is 6.92 Å². The van der Waals surface area contributed by atoms with Gasteiger partial charge in [-0.15, -0.1) is 0 Å². The molecule has 2 N–H and O–H groups in total. The Bertz CT molecular complexity index is 649. The van der Waals surface area contributed by atoms with Crippen molar-refractivity contribution in [1.82, 2.24) is 20.4 Å². The molecule has 124 valence electrons. The number of amides is 1. The molecule has 1 aromatic carbocycles. The zero-order chi connectivity index (χ0) is 16.8. The van der Waals surface area contributed by atoms with E-state index in [1.54, 1.807) is 0 Å². The van der Waals surface area contributed by atoms with Gasteiger partial charge in [0.15, 0.2) is 0 Å². The quantitative estimate of drug-likeness (QED) is 0.757. The summed E-state index contributed by atoms with van der Waals surface area (Å²) in [6.07, 6.45) is 0. The molecule has 0 unspecified atom stereocenters. The fraction of sp³-hybridized carbons (Fsp3) is 0.412. The van der Waals surface area contributed by atoms with Crippen LogP contribution in [0.15, 0.2) is 30.3 Å². The average Bonchev–Trinajstić information content (AvgIpc) is 2.81. The lowest BCUT2D eigenvalue weighted by Gasteiger charge is -2.15. The minimum Gasteiger partial charge on any atom is -0.363 e. The number of hydrogen-bond donors (Lipinski definition) is 2. The van der Waals surface area contributed by atoms with Crippen LogP contribution in [0.4, 0.5) is 5.82 Å². The van der Waals surface area contributed by atoms with Crippen molar-refractivity contribution in [2.75, 3.05) is 32.1 Å². The highest BCUT2D eigenvalue weighted by Gasteiger charge is 2.14. The molecular formula is C17H25N5O. The first-order chi connectivity index (χ1) is 11.0. The third-order valence-corrected chi connectivity index (χ3v) is 3.66. The van der Waals surface area contributed by atoms with Crippen molar-refractivity contribution >= 4 is 11.7 Å². The van der Waals surface area contributed by atoms with Gasteiger partial charge in [0.2, 0.25) is 0 Å². The summed E-state index contributed by atoms with van der Waals surface area (Å²) in [6.45, 7) is 4.04. The van der Waals surface area contributed by atoms with Crippen molar-refractivity contribution < 1.29 is 4.79 Å². The summed E-state index contributed by atoms with van der Waals surface area (Å²) < 4.78 is 1.89. The Kier molecular flexibility index (Phi) is 5.76. The molecule has 0 aliphatic heterocycles. The Morgan fingerprint density at radius 2 is 1.91 bits per heavy atom. The molecule has 1 heterocycles. The van der Waals surface area contributed by atoms with E-state index in [-0.39, 0.29) is 5.91 Å². The molecule has 0 spiro atoms. The van der Waals surface area contributed by atoms with E-state index in [4.69, 9.17) is 0 Å². The van der Waals surface area contributed by atoms with Crippen LogP contribution in [0.5, 0.6) is 0 Å². The van der Waals surface area contributed by atoms with E-state index in [0.29, 0.717) is 18.7 Å². The maximum Gasteiger partial charge on any atom is 0.251 e. The van der Waals surface area contributed by atoms with Gasteiger partial charge in [-0.05, 0) is 19.1 Å². The number of anilines is 1. The van der Waals surface area contributed by atoms with Gasteiger partial charge in [0.05, 0.1) is 5.69 Å². The highest BCUT2D eigenvalue weighted by Crippen LogP contribution is 2.20. The van der Waals surface area contributed by atoms with E-state index in [1.165, 1.54) is 5.56 Å². The largest absolute Gasteiger partial charge is 0.363 e. The van der Waals surface area contributed by atoms with E-state index in [1.807, 2.05) is 63.1 Å². The van der Waals surface area contributed by atoms with E-state index in [2.05, 4.69) is 20.6 Å². The van der Waals surface area contributed by atoms with Gasteiger partial charge in [0.1, 0.15) is 5.82 Å². The van der Waals surface area contributed by atoms with Gasteiger partial charge in [-0.3, -0.25) is 9.48 Å². The molecule has 1 amide bonds. The first-order valence-corrected chi connectivity index (χ1v) is 7.74. The minimum atomic E-state index is -0.0426. The molecule has 0 saturated carbocycles. The normalized spacial score (nSPS) is 10.6. The number of rotatable bonds is 7. The van der Waals surface area contributed by atoms with Crippen molar-refractivity contribution in [2.45, 2.75) is 13.5 Å². The van der Waals surface area contributed by atoms with E-state index in [9.17, 15) is 4.79 Å². The number of hydrogen-bond acceptors (Lipinski definition) is 4. The maximum absolute atomic E-state index is 11.9. The third-order valence-electron chi connectivity index (χ3n) is 3.66. The van der Waals surface area contributed by atoms with E-state index >= 15 is 0 Å². The van der Waals surface area contributed by atoms with Crippen molar-refractivity contribution in [3.63, 3.8) is 0 Å². The molecule has 6 nitrogen and oxygen atoms in total. The summed E-state index contributed by atoms with van der Waals surface area (Å²) in [5.74, 6) is 1.06. The Balaban J connectivity index is 1.79. The van der Waals surface area contributed by atoms with Crippen LogP contribution in [0.3, 0.4) is 0 Å². The van der Waals surface area contributed by atoms with Gasteiger partial charge >= 0.3 is 0 Å². The van der Waals surface area contributed by atoms with Crippen LogP contribution in [0.25, 0.3) is 0 Å². The van der Waals surface area contributed by atoms with Gasteiger partial charge in [-0.25, -0.2) is 0 Å². The van der Waals surface area contributed by atoms with Crippen LogP contribution < -0.4 is 15.5 Å². The number of aryl methyl sites for hydroxylation is 2. The van der Waals surface area contributed by atoms with Gasteiger partial charge in [0, 0.05) is 51.9 Å². The van der Waals surface area contributed by atoms with Crippen molar-refractivity contribution in [1.29, 1.82) is 0 Å². The fourth-order valence-electron chi connectivity index (χ4n) is 2.63. The van der Waals surface area contributed by atoms with Crippen LogP contribution >= 0.6 is 0 Å². The third kappa shape index (κ3) is 4.32. The summed E-state index contributed by atoms with van der Waals surface area (Å²) in [4.78, 5) is 14.0. The first-order valence-electron chi connectivity index (χ1n) is 7.74. The predicted octanol–water partition coefficient (Wildman–Crippen LogP) is 1.31. The molecule has 23 heavy (non-hydrogen) atoms. The predicted molar refractivity (Wildman–Crippen MR) is 92.8 cm³/mol. The molecule has 0 radical (unpaired) electrons. The average molecular weight is 315 g/mol. The molecule has 2 rings (SSSR count). The van der Waals surface area contributed by atoms with Crippen molar-refractivity contribution in [2.24, 2.45) is 7.05 Å². The standard InChI is InChI=1S/C17H25N5O/c1-13-15(17(21(2)3)22(4)20-13)12-18-10-11-19-16(23)14-8-6-5-7-9-14/h5-9,18H,10-12H2,1-4H3,(H,19,23). The molecule has 0 fully saturated rings. The molecule has 2 aromatic rings. The number of aromatic nitrogens is 2. The second kappa shape index (κ2) is 7.78. The lowest BCUT2D eigenvalue weighted by Crippen LogP contribution is -2.31. The lowest BCUT2D eigenvalue weighted by molar-refractivity contribution is 0.0954. The number of benzene rings is 1. The molecule has 6 heteroatoms. The number of nitrogens with one attached hydrogen (secondary N) is 2. The minimum absolute atomic E-state index is 0.0426. The highest BCUT2D eigenvalue weighted by atomic mass is 16.1. The van der Waals surface area contributed by atoms with Crippen LogP contribution in [0.1, 0.15) is 21.6 Å². The topological polar surface area (TPSA) is 62.2 Å². The van der Waals surface area contributed by atoms with Crippen molar-refractivity contribution in [3.05, 3.63) is 47.2 Å². The van der Waals surface area contributed by atoms with Crippen molar-refractivity contribution in [3.8, 4) is 0 Å². The summed E-state index contributed by atoms with van der Waals surface area (Å²) in [7, 11) is 5.98. The lowest BCUT2D eigenvalue weighted by atomic mass is 10.2. The van der Waals surface area contributed by atoms with Crippen LogP contribution in [-0.2, 0) is 13.6 Å². The summed E-state index contributed by atoms with van der Waals surface area (Å²) in [5.41, 5.74) is 2.90. The number of nitrogens with zero attached hydrogens (tertiary/aromatic N) is 3. The number of carbonyl (C=O) groups excluding carboxylic acids is 1. The molecule has 0 bridgehead atoms. The molecule has 0 saturated heterocycles. The molecule has 0 aliphatic carbocycles. The zero-order valence-corrected chi connectivity index (χ0v) is 14.3. The summed E-state index contributed by atoms with van der Waals surface area (Å²) >= 11 is 0. The second-order valence-electron chi connectivity index (χ2n) is 5.70. The Labute approximate surface area is 137 Å². The summed E-state index contributed by atoms with van der Waals surface area (Å²) in [6, 6.07) is 9.25. The van der Waals surface area contributed by atoms with Gasteiger partial charge in [0.25, 0.3) is 5.91 Å². The molecule has 0 aliphatic rings. The van der Waals surface area contributed by atoms with E-state index < -0.39 is 0 Å². The molecular weight excluding hydrogens is 290 g/mol. The van der Waals surface area contributed by atoms with Crippen LogP contribution in [-0.4, -0.2) is 42.9 Å². The molecule has 0 atom stereocenters. The van der Waals surface area contributed by atoms with E-state index in [0.717, 1.165) is 18.1 Å². The Morgan fingerprint density at radius 1 is 1.22 bits per heavy atom. The van der Waals surface area contributed by atoms with Gasteiger partial charge < -0.3 is 15.5 Å². The van der Waals surface area contributed by atoms with Gasteiger partial charge in [-0.2, -0.15) is 5.10 Å². The smallest absolute Gasteiger partial charge is 0.251 e. The first kappa shape index (κ1) is 17.0. The highest BCUT2D eigenvalue weighted by molar-refractivity contribution is 5.94. The molecule has 1 aromatic heterocycles. The zero-order valence-electron chi connectivity index (χ0n) is 14.3. The SMILES string of the molecule is Cc1nn(C)c(N(C)C)c1CNCCNC(=O)c1ccccc1. The summed E-state index contributed by atoms with van der Waals surface area (Å²) in [5, 5.41) is 10.7.